The van der Waals surface area contributed by atoms with Gasteiger partial charge in [-0.1, -0.05) is 5.16 Å². The van der Waals surface area contributed by atoms with Crippen LogP contribution in [0.15, 0.2) is 27.6 Å². The number of carbonyl (C=O) groups is 1. The Bertz CT molecular complexity index is 945. The summed E-state index contributed by atoms with van der Waals surface area (Å²) in [5.74, 6) is 0.553. The fourth-order valence-corrected chi connectivity index (χ4v) is 5.42. The Morgan fingerprint density at radius 3 is 2.63 bits per heavy atom. The van der Waals surface area contributed by atoms with Crippen molar-refractivity contribution in [1.29, 1.82) is 0 Å². The first-order valence-electron chi connectivity index (χ1n) is 8.87. The molecule has 1 aliphatic heterocycles. The normalized spacial score (nSPS) is 18.4. The van der Waals surface area contributed by atoms with Gasteiger partial charge in [0.2, 0.25) is 10.0 Å². The quantitative estimate of drug-likeness (QED) is 0.727. The third-order valence-electron chi connectivity index (χ3n) is 5.02. The van der Waals surface area contributed by atoms with Crippen molar-refractivity contribution in [3.05, 3.63) is 40.8 Å². The highest BCUT2D eigenvalue weighted by molar-refractivity contribution is 7.89. The lowest BCUT2D eigenvalue weighted by Gasteiger charge is -2.31. The molecule has 0 bridgehead atoms. The number of piperidine rings is 1. The van der Waals surface area contributed by atoms with Crippen LogP contribution in [-0.4, -0.2) is 43.9 Å². The number of hydrogen-bond donors (Lipinski definition) is 0. The molecule has 0 N–H and O–H groups in total. The largest absolute Gasteiger partial charge is 0.497 e. The van der Waals surface area contributed by atoms with E-state index in [-0.39, 0.29) is 28.9 Å². The second-order valence-electron chi connectivity index (χ2n) is 6.90. The molecule has 2 aromatic rings. The van der Waals surface area contributed by atoms with Crippen LogP contribution in [0.25, 0.3) is 0 Å². The Kier molecular flexibility index (Phi) is 5.39. The minimum absolute atomic E-state index is 0.0335. The average molecular weight is 392 g/mol. The summed E-state index contributed by atoms with van der Waals surface area (Å²) >= 11 is 0. The van der Waals surface area contributed by atoms with Gasteiger partial charge in [-0.05, 0) is 57.4 Å². The molecule has 0 spiro atoms. The fourth-order valence-electron chi connectivity index (χ4n) is 3.61. The van der Waals surface area contributed by atoms with E-state index in [0.717, 1.165) is 5.56 Å². The smallest absolute Gasteiger partial charge is 0.248 e. The number of aryl methyl sites for hydroxylation is 3. The highest BCUT2D eigenvalue weighted by atomic mass is 32.2. The van der Waals surface area contributed by atoms with Crippen LogP contribution in [0.4, 0.5) is 0 Å². The summed E-state index contributed by atoms with van der Waals surface area (Å²) in [5, 5.41) is 3.75. The molecule has 146 valence electrons. The van der Waals surface area contributed by atoms with Gasteiger partial charge in [-0.15, -0.1) is 0 Å². The number of rotatable bonds is 5. The third-order valence-corrected chi connectivity index (χ3v) is 7.13. The molecule has 0 aliphatic carbocycles. The summed E-state index contributed by atoms with van der Waals surface area (Å²) in [6.07, 6.45) is 1.30. The van der Waals surface area contributed by atoms with E-state index in [0.29, 0.717) is 36.4 Å². The number of sulfonamides is 1. The molecule has 0 amide bonds. The number of ketones is 1. The Hall–Kier alpha value is -2.19. The molecule has 0 saturated carbocycles. The van der Waals surface area contributed by atoms with Crippen LogP contribution in [-0.2, 0) is 10.0 Å². The summed E-state index contributed by atoms with van der Waals surface area (Å²) in [7, 11) is -2.17. The molecule has 1 aromatic heterocycles. The van der Waals surface area contributed by atoms with Crippen LogP contribution in [0, 0.1) is 26.7 Å². The molecule has 8 heteroatoms. The van der Waals surface area contributed by atoms with Gasteiger partial charge in [-0.3, -0.25) is 4.79 Å². The maximum absolute atomic E-state index is 13.0. The van der Waals surface area contributed by atoms with Gasteiger partial charge >= 0.3 is 0 Å². The minimum Gasteiger partial charge on any atom is -0.497 e. The number of ether oxygens (including phenoxy) is 1. The molecule has 1 aromatic carbocycles. The summed E-state index contributed by atoms with van der Waals surface area (Å²) in [6.45, 7) is 5.60. The monoisotopic (exact) mass is 392 g/mol. The van der Waals surface area contributed by atoms with E-state index in [1.807, 2.05) is 13.0 Å². The van der Waals surface area contributed by atoms with Crippen LogP contribution >= 0.6 is 0 Å². The Labute approximate surface area is 159 Å². The van der Waals surface area contributed by atoms with Gasteiger partial charge in [-0.2, -0.15) is 4.31 Å². The van der Waals surface area contributed by atoms with Gasteiger partial charge in [0.1, 0.15) is 16.3 Å². The zero-order valence-electron chi connectivity index (χ0n) is 16.0. The molecule has 0 unspecified atom stereocenters. The highest BCUT2D eigenvalue weighted by Crippen LogP contribution is 2.30. The molecule has 1 aliphatic rings. The third kappa shape index (κ3) is 3.64. The first-order chi connectivity index (χ1) is 12.8. The SMILES string of the molecule is COc1ccc(C(=O)[C@@H]2CCCN(S(=O)(=O)c3c(C)noc3C)C2)c(C)c1. The van der Waals surface area contributed by atoms with E-state index in [1.54, 1.807) is 33.1 Å². The topological polar surface area (TPSA) is 89.7 Å². The second kappa shape index (κ2) is 7.44. The van der Waals surface area contributed by atoms with E-state index in [9.17, 15) is 13.2 Å². The predicted octanol–water partition coefficient (Wildman–Crippen LogP) is 2.89. The van der Waals surface area contributed by atoms with Crippen LogP contribution in [0.3, 0.4) is 0 Å². The molecular formula is C19H24N2O5S. The number of carbonyl (C=O) groups excluding carboxylic acids is 1. The Morgan fingerprint density at radius 1 is 1.30 bits per heavy atom. The average Bonchev–Trinajstić information content (AvgIpc) is 3.00. The van der Waals surface area contributed by atoms with Crippen LogP contribution in [0.2, 0.25) is 0 Å². The van der Waals surface area contributed by atoms with Crippen molar-refractivity contribution in [1.82, 2.24) is 9.46 Å². The van der Waals surface area contributed by atoms with Gasteiger partial charge in [0.25, 0.3) is 0 Å². The van der Waals surface area contributed by atoms with Crippen molar-refractivity contribution in [3.8, 4) is 5.75 Å². The van der Waals surface area contributed by atoms with E-state index >= 15 is 0 Å². The summed E-state index contributed by atoms with van der Waals surface area (Å²) in [4.78, 5) is 13.1. The van der Waals surface area contributed by atoms with Gasteiger partial charge in [0, 0.05) is 24.6 Å². The van der Waals surface area contributed by atoms with Crippen molar-refractivity contribution in [2.75, 3.05) is 20.2 Å². The molecule has 2 heterocycles. The first-order valence-corrected chi connectivity index (χ1v) is 10.3. The second-order valence-corrected chi connectivity index (χ2v) is 8.78. The number of aromatic nitrogens is 1. The van der Waals surface area contributed by atoms with Crippen molar-refractivity contribution in [3.63, 3.8) is 0 Å². The Balaban J connectivity index is 1.85. The predicted molar refractivity (Wildman–Crippen MR) is 99.5 cm³/mol. The number of hydrogen-bond acceptors (Lipinski definition) is 6. The molecule has 7 nitrogen and oxygen atoms in total. The van der Waals surface area contributed by atoms with Crippen molar-refractivity contribution in [2.45, 2.75) is 38.5 Å². The molecule has 0 radical (unpaired) electrons. The molecule has 27 heavy (non-hydrogen) atoms. The lowest BCUT2D eigenvalue weighted by Crippen LogP contribution is -2.42. The molecule has 3 rings (SSSR count). The summed E-state index contributed by atoms with van der Waals surface area (Å²) in [5.41, 5.74) is 1.77. The zero-order chi connectivity index (χ0) is 19.8. The molecule has 1 fully saturated rings. The van der Waals surface area contributed by atoms with E-state index in [2.05, 4.69) is 5.16 Å². The van der Waals surface area contributed by atoms with Crippen LogP contribution in [0.5, 0.6) is 5.75 Å². The van der Waals surface area contributed by atoms with Crippen molar-refractivity contribution < 1.29 is 22.5 Å². The van der Waals surface area contributed by atoms with Crippen LogP contribution in [0.1, 0.15) is 40.2 Å². The molecule has 1 saturated heterocycles. The number of nitrogens with zero attached hydrogens (tertiary/aromatic N) is 2. The fraction of sp³-hybridized carbons (Fsp3) is 0.474. The van der Waals surface area contributed by atoms with E-state index in [4.69, 9.17) is 9.26 Å². The number of benzene rings is 1. The van der Waals surface area contributed by atoms with E-state index < -0.39 is 10.0 Å². The summed E-state index contributed by atoms with van der Waals surface area (Å²) < 4.78 is 37.7. The van der Waals surface area contributed by atoms with Gasteiger partial charge in [0.05, 0.1) is 7.11 Å². The van der Waals surface area contributed by atoms with Gasteiger partial charge < -0.3 is 9.26 Å². The maximum atomic E-state index is 13.0. The maximum Gasteiger partial charge on any atom is 0.248 e. The zero-order valence-corrected chi connectivity index (χ0v) is 16.8. The first kappa shape index (κ1) is 19.6. The van der Waals surface area contributed by atoms with Crippen LogP contribution < -0.4 is 4.74 Å². The van der Waals surface area contributed by atoms with E-state index in [1.165, 1.54) is 4.31 Å². The molecule has 1 atom stereocenters. The van der Waals surface area contributed by atoms with Gasteiger partial charge in [-0.25, -0.2) is 8.42 Å². The number of methoxy groups -OCH3 is 1. The lowest BCUT2D eigenvalue weighted by molar-refractivity contribution is 0.0871. The standard InChI is InChI=1S/C19H24N2O5S/c1-12-10-16(25-4)7-8-17(12)18(22)15-6-5-9-21(11-15)27(23,24)19-13(2)20-26-14(19)3/h7-8,10,15H,5-6,9,11H2,1-4H3/t15-/m1/s1. The lowest BCUT2D eigenvalue weighted by atomic mass is 9.89. The summed E-state index contributed by atoms with van der Waals surface area (Å²) in [6, 6.07) is 5.31. The number of Topliss-reactive ketones (excluding diaryl/α,β-unsaturated/α-hetero) is 1. The van der Waals surface area contributed by atoms with Crippen molar-refractivity contribution in [2.24, 2.45) is 5.92 Å². The Morgan fingerprint density at radius 2 is 2.04 bits per heavy atom. The molecular weight excluding hydrogens is 368 g/mol. The van der Waals surface area contributed by atoms with Gasteiger partial charge in [0.15, 0.2) is 11.5 Å². The van der Waals surface area contributed by atoms with Crippen molar-refractivity contribution >= 4 is 15.8 Å². The highest BCUT2D eigenvalue weighted by Gasteiger charge is 2.36. The minimum atomic E-state index is -3.74.